The second-order valence-electron chi connectivity index (χ2n) is 6.00. The highest BCUT2D eigenvalue weighted by atomic mass is 127. The summed E-state index contributed by atoms with van der Waals surface area (Å²) in [5.74, 6) is 1.73. The maximum Gasteiger partial charge on any atom is 0.191 e. The summed E-state index contributed by atoms with van der Waals surface area (Å²) in [4.78, 5) is 9.09. The number of nitrogens with zero attached hydrogens (tertiary/aromatic N) is 3. The van der Waals surface area contributed by atoms with Crippen LogP contribution in [0.2, 0.25) is 0 Å². The van der Waals surface area contributed by atoms with Crippen molar-refractivity contribution in [2.75, 3.05) is 13.1 Å². The summed E-state index contributed by atoms with van der Waals surface area (Å²) in [5, 5.41) is 6.80. The number of benzene rings is 1. The standard InChI is InChI=1S/C17H25N5.HI/c1-3-18-17(21-15-11-13(15)2)19-9-6-10-22-12-20-14-7-4-5-8-16(14)22;/h4-5,7-8,12-13,15H,3,6,9-11H2,1-2H3,(H2,18,19,21);1H. The molecule has 2 N–H and O–H groups in total. The molecule has 23 heavy (non-hydrogen) atoms. The van der Waals surface area contributed by atoms with Crippen LogP contribution in [0.15, 0.2) is 35.6 Å². The van der Waals surface area contributed by atoms with Gasteiger partial charge in [-0.15, -0.1) is 24.0 Å². The van der Waals surface area contributed by atoms with Crippen LogP contribution in [0.5, 0.6) is 0 Å². The number of nitrogens with one attached hydrogen (secondary N) is 2. The van der Waals surface area contributed by atoms with Crippen molar-refractivity contribution in [1.82, 2.24) is 20.2 Å². The van der Waals surface area contributed by atoms with Crippen LogP contribution in [0.1, 0.15) is 26.7 Å². The first-order valence-electron chi connectivity index (χ1n) is 8.22. The summed E-state index contributed by atoms with van der Waals surface area (Å²) < 4.78 is 2.20. The lowest BCUT2D eigenvalue weighted by Crippen LogP contribution is -2.39. The van der Waals surface area contributed by atoms with E-state index in [0.717, 1.165) is 43.4 Å². The van der Waals surface area contributed by atoms with Gasteiger partial charge in [-0.3, -0.25) is 4.99 Å². The van der Waals surface area contributed by atoms with Crippen molar-refractivity contribution in [2.45, 2.75) is 39.3 Å². The first-order chi connectivity index (χ1) is 10.8. The van der Waals surface area contributed by atoms with E-state index in [4.69, 9.17) is 0 Å². The molecule has 2 aromatic rings. The number of hydrogen-bond acceptors (Lipinski definition) is 2. The van der Waals surface area contributed by atoms with Gasteiger partial charge in [0.15, 0.2) is 5.96 Å². The quantitative estimate of drug-likeness (QED) is 0.323. The zero-order valence-corrected chi connectivity index (χ0v) is 16.2. The lowest BCUT2D eigenvalue weighted by molar-refractivity contribution is 0.660. The molecule has 1 aromatic heterocycles. The maximum absolute atomic E-state index is 4.67. The Bertz CT molecular complexity index is 651. The largest absolute Gasteiger partial charge is 0.357 e. The lowest BCUT2D eigenvalue weighted by Gasteiger charge is -2.10. The van der Waals surface area contributed by atoms with Crippen LogP contribution in [0.4, 0.5) is 0 Å². The summed E-state index contributed by atoms with van der Waals surface area (Å²) >= 11 is 0. The van der Waals surface area contributed by atoms with Gasteiger partial charge in [-0.1, -0.05) is 19.1 Å². The third-order valence-electron chi connectivity index (χ3n) is 4.13. The van der Waals surface area contributed by atoms with Crippen molar-refractivity contribution >= 4 is 41.0 Å². The minimum atomic E-state index is 0. The van der Waals surface area contributed by atoms with Crippen LogP contribution in [0.3, 0.4) is 0 Å². The van der Waals surface area contributed by atoms with Crippen molar-refractivity contribution < 1.29 is 0 Å². The molecule has 0 bridgehead atoms. The van der Waals surface area contributed by atoms with Gasteiger partial charge in [-0.25, -0.2) is 4.98 Å². The Kier molecular flexibility index (Phi) is 6.68. The third-order valence-corrected chi connectivity index (χ3v) is 4.13. The zero-order chi connectivity index (χ0) is 15.4. The fraction of sp³-hybridized carbons (Fsp3) is 0.529. The molecule has 5 nitrogen and oxygen atoms in total. The van der Waals surface area contributed by atoms with Gasteiger partial charge in [0.05, 0.1) is 17.4 Å². The first kappa shape index (κ1) is 18.0. The number of hydrogen-bond donors (Lipinski definition) is 2. The van der Waals surface area contributed by atoms with Crippen LogP contribution in [-0.2, 0) is 6.54 Å². The second kappa shape index (κ2) is 8.52. The normalized spacial score (nSPS) is 20.2. The lowest BCUT2D eigenvalue weighted by atomic mass is 10.3. The Balaban J connectivity index is 0.00000192. The van der Waals surface area contributed by atoms with Gasteiger partial charge >= 0.3 is 0 Å². The predicted molar refractivity (Wildman–Crippen MR) is 106 cm³/mol. The van der Waals surface area contributed by atoms with Gasteiger partial charge < -0.3 is 15.2 Å². The van der Waals surface area contributed by atoms with E-state index in [2.05, 4.69) is 51.2 Å². The minimum absolute atomic E-state index is 0. The van der Waals surface area contributed by atoms with Crippen LogP contribution in [0, 0.1) is 5.92 Å². The van der Waals surface area contributed by atoms with E-state index in [1.807, 2.05) is 18.5 Å². The molecule has 0 saturated heterocycles. The number of imidazole rings is 1. The number of para-hydroxylation sites is 2. The molecular weight excluding hydrogens is 401 g/mol. The molecule has 1 aliphatic rings. The molecule has 1 aromatic carbocycles. The fourth-order valence-corrected chi connectivity index (χ4v) is 2.64. The summed E-state index contributed by atoms with van der Waals surface area (Å²) in [5.41, 5.74) is 2.26. The molecule has 0 amide bonds. The Morgan fingerprint density at radius 3 is 2.91 bits per heavy atom. The number of aliphatic imine (C=N–C) groups is 1. The molecule has 2 atom stereocenters. The third kappa shape index (κ3) is 4.83. The van der Waals surface area contributed by atoms with Crippen molar-refractivity contribution in [3.05, 3.63) is 30.6 Å². The number of rotatable bonds is 6. The molecule has 0 aliphatic heterocycles. The highest BCUT2D eigenvalue weighted by Gasteiger charge is 2.33. The molecule has 0 spiro atoms. The Labute approximate surface area is 155 Å². The molecule has 126 valence electrons. The molecule has 1 heterocycles. The Morgan fingerprint density at radius 2 is 2.17 bits per heavy atom. The van der Waals surface area contributed by atoms with Crippen molar-refractivity contribution in [3.63, 3.8) is 0 Å². The summed E-state index contributed by atoms with van der Waals surface area (Å²) in [7, 11) is 0. The van der Waals surface area contributed by atoms with Crippen LogP contribution >= 0.6 is 24.0 Å². The minimum Gasteiger partial charge on any atom is -0.357 e. The summed E-state index contributed by atoms with van der Waals surface area (Å²) in [6.45, 7) is 7.04. The monoisotopic (exact) mass is 427 g/mol. The smallest absolute Gasteiger partial charge is 0.191 e. The van der Waals surface area contributed by atoms with E-state index in [9.17, 15) is 0 Å². The van der Waals surface area contributed by atoms with Gasteiger partial charge in [0, 0.05) is 25.7 Å². The topological polar surface area (TPSA) is 54.2 Å². The van der Waals surface area contributed by atoms with Crippen LogP contribution in [0.25, 0.3) is 11.0 Å². The number of aryl methyl sites for hydroxylation is 1. The van der Waals surface area contributed by atoms with Gasteiger partial charge in [-0.05, 0) is 37.8 Å². The molecule has 1 saturated carbocycles. The number of guanidine groups is 1. The molecule has 1 aliphatic carbocycles. The molecule has 0 radical (unpaired) electrons. The second-order valence-corrected chi connectivity index (χ2v) is 6.00. The van der Waals surface area contributed by atoms with Gasteiger partial charge in [0.25, 0.3) is 0 Å². The molecule has 6 heteroatoms. The number of aromatic nitrogens is 2. The van der Waals surface area contributed by atoms with E-state index >= 15 is 0 Å². The molecule has 2 unspecified atom stereocenters. The highest BCUT2D eigenvalue weighted by molar-refractivity contribution is 14.0. The number of halogens is 1. The number of fused-ring (bicyclic) bond motifs is 1. The van der Waals surface area contributed by atoms with Gasteiger partial charge in [0.1, 0.15) is 0 Å². The van der Waals surface area contributed by atoms with Gasteiger partial charge in [-0.2, -0.15) is 0 Å². The van der Waals surface area contributed by atoms with E-state index in [-0.39, 0.29) is 24.0 Å². The predicted octanol–water partition coefficient (Wildman–Crippen LogP) is 3.01. The average Bonchev–Trinajstić information content (AvgIpc) is 3.07. The van der Waals surface area contributed by atoms with Crippen LogP contribution < -0.4 is 10.6 Å². The van der Waals surface area contributed by atoms with Crippen molar-refractivity contribution in [3.8, 4) is 0 Å². The fourth-order valence-electron chi connectivity index (χ4n) is 2.64. The van der Waals surface area contributed by atoms with E-state index in [1.165, 1.54) is 11.9 Å². The molecule has 3 rings (SSSR count). The van der Waals surface area contributed by atoms with E-state index in [1.54, 1.807) is 0 Å². The van der Waals surface area contributed by atoms with Gasteiger partial charge in [0.2, 0.25) is 0 Å². The van der Waals surface area contributed by atoms with Crippen LogP contribution in [-0.4, -0.2) is 34.6 Å². The summed E-state index contributed by atoms with van der Waals surface area (Å²) in [6.07, 6.45) is 4.19. The highest BCUT2D eigenvalue weighted by Crippen LogP contribution is 2.28. The average molecular weight is 427 g/mol. The Hall–Kier alpha value is -1.31. The maximum atomic E-state index is 4.67. The first-order valence-corrected chi connectivity index (χ1v) is 8.22. The van der Waals surface area contributed by atoms with E-state index < -0.39 is 0 Å². The molecule has 1 fully saturated rings. The molecular formula is C17H26IN5. The zero-order valence-electron chi connectivity index (χ0n) is 13.8. The Morgan fingerprint density at radius 1 is 1.39 bits per heavy atom. The van der Waals surface area contributed by atoms with E-state index in [0.29, 0.717) is 6.04 Å². The summed E-state index contributed by atoms with van der Waals surface area (Å²) in [6, 6.07) is 8.86. The van der Waals surface area contributed by atoms with Crippen molar-refractivity contribution in [2.24, 2.45) is 10.9 Å². The van der Waals surface area contributed by atoms with Crippen molar-refractivity contribution in [1.29, 1.82) is 0 Å². The SMILES string of the molecule is CCNC(=NCCCn1cnc2ccccc21)NC1CC1C.I.